The summed E-state index contributed by atoms with van der Waals surface area (Å²) >= 11 is 1.70. The zero-order valence-electron chi connectivity index (χ0n) is 14.1. The van der Waals surface area contributed by atoms with Crippen LogP contribution in [0.5, 0.6) is 0 Å². The lowest BCUT2D eigenvalue weighted by Crippen LogP contribution is -2.29. The first-order valence-electron chi connectivity index (χ1n) is 8.16. The standard InChI is InChI=1S/C20H20N2OS/c1-12-13(2)20(23)22(11-15-7-6-10-24-15)19(12)18-14(3)21-17-9-5-4-8-16(17)18/h4-10,19,21H,11H2,1-3H3/t19-/m0/s1. The van der Waals surface area contributed by atoms with E-state index in [1.54, 1.807) is 11.3 Å². The molecule has 24 heavy (non-hydrogen) atoms. The number of benzene rings is 1. The molecule has 3 nitrogen and oxygen atoms in total. The van der Waals surface area contributed by atoms with Crippen molar-refractivity contribution in [3.63, 3.8) is 0 Å². The molecule has 4 heteroatoms. The number of aromatic nitrogens is 1. The smallest absolute Gasteiger partial charge is 0.250 e. The van der Waals surface area contributed by atoms with Crippen LogP contribution in [-0.2, 0) is 11.3 Å². The van der Waals surface area contributed by atoms with E-state index in [0.717, 1.165) is 22.4 Å². The molecule has 1 amide bonds. The molecular formula is C20H20N2OS. The molecule has 0 saturated carbocycles. The lowest BCUT2D eigenvalue weighted by atomic mass is 9.96. The number of para-hydroxylation sites is 1. The predicted octanol–water partition coefficient (Wildman–Crippen LogP) is 4.96. The van der Waals surface area contributed by atoms with Crippen molar-refractivity contribution in [1.82, 2.24) is 9.88 Å². The van der Waals surface area contributed by atoms with E-state index in [9.17, 15) is 4.79 Å². The number of amides is 1. The highest BCUT2D eigenvalue weighted by atomic mass is 32.1. The molecule has 0 saturated heterocycles. The molecule has 0 radical (unpaired) electrons. The fraction of sp³-hybridized carbons (Fsp3) is 0.250. The number of nitrogens with zero attached hydrogens (tertiary/aromatic N) is 1. The van der Waals surface area contributed by atoms with Crippen LogP contribution >= 0.6 is 11.3 Å². The van der Waals surface area contributed by atoms with Gasteiger partial charge in [0.2, 0.25) is 0 Å². The van der Waals surface area contributed by atoms with Gasteiger partial charge >= 0.3 is 0 Å². The number of rotatable bonds is 3. The average Bonchev–Trinajstić information content (AvgIpc) is 3.24. The quantitative estimate of drug-likeness (QED) is 0.721. The molecule has 122 valence electrons. The summed E-state index contributed by atoms with van der Waals surface area (Å²) in [6.45, 7) is 6.80. The summed E-state index contributed by atoms with van der Waals surface area (Å²) in [4.78, 5) is 19.6. The summed E-state index contributed by atoms with van der Waals surface area (Å²) in [6, 6.07) is 12.5. The molecule has 1 aliphatic heterocycles. The van der Waals surface area contributed by atoms with Gasteiger partial charge in [0.25, 0.3) is 5.91 Å². The van der Waals surface area contributed by atoms with E-state index in [1.807, 2.05) is 24.0 Å². The van der Waals surface area contributed by atoms with Gasteiger partial charge < -0.3 is 9.88 Å². The van der Waals surface area contributed by atoms with Crippen molar-refractivity contribution in [1.29, 1.82) is 0 Å². The van der Waals surface area contributed by atoms with E-state index in [2.05, 4.69) is 48.5 Å². The van der Waals surface area contributed by atoms with Crippen molar-refractivity contribution in [2.45, 2.75) is 33.4 Å². The van der Waals surface area contributed by atoms with Crippen LogP contribution in [0.2, 0.25) is 0 Å². The Balaban J connectivity index is 1.86. The minimum Gasteiger partial charge on any atom is -0.358 e. The topological polar surface area (TPSA) is 36.1 Å². The van der Waals surface area contributed by atoms with Gasteiger partial charge in [-0.05, 0) is 43.9 Å². The minimum absolute atomic E-state index is 0.00995. The lowest BCUT2D eigenvalue weighted by Gasteiger charge is -2.27. The van der Waals surface area contributed by atoms with Crippen molar-refractivity contribution >= 4 is 28.1 Å². The van der Waals surface area contributed by atoms with E-state index < -0.39 is 0 Å². The monoisotopic (exact) mass is 336 g/mol. The first-order valence-corrected chi connectivity index (χ1v) is 9.04. The highest BCUT2D eigenvalue weighted by molar-refractivity contribution is 7.09. The Morgan fingerprint density at radius 2 is 1.92 bits per heavy atom. The van der Waals surface area contributed by atoms with Crippen molar-refractivity contribution in [2.24, 2.45) is 0 Å². The first-order chi connectivity index (χ1) is 11.6. The molecule has 1 N–H and O–H groups in total. The molecule has 0 spiro atoms. The molecule has 0 bridgehead atoms. The van der Waals surface area contributed by atoms with Crippen LogP contribution in [0, 0.1) is 6.92 Å². The summed E-state index contributed by atoms with van der Waals surface area (Å²) in [5, 5.41) is 3.27. The number of thiophene rings is 1. The normalized spacial score (nSPS) is 18.2. The maximum atomic E-state index is 12.9. The molecule has 3 heterocycles. The Morgan fingerprint density at radius 1 is 1.12 bits per heavy atom. The second-order valence-corrected chi connectivity index (χ2v) is 7.46. The molecule has 2 aromatic heterocycles. The maximum absolute atomic E-state index is 12.9. The van der Waals surface area contributed by atoms with Crippen molar-refractivity contribution in [3.8, 4) is 0 Å². The van der Waals surface area contributed by atoms with Crippen molar-refractivity contribution in [2.75, 3.05) is 0 Å². The van der Waals surface area contributed by atoms with Crippen LogP contribution in [0.25, 0.3) is 10.9 Å². The van der Waals surface area contributed by atoms with Crippen molar-refractivity contribution < 1.29 is 4.79 Å². The maximum Gasteiger partial charge on any atom is 0.250 e. The lowest BCUT2D eigenvalue weighted by molar-refractivity contribution is -0.127. The molecule has 0 aliphatic carbocycles. The van der Waals surface area contributed by atoms with Gasteiger partial charge in [0.15, 0.2) is 0 Å². The number of nitrogens with one attached hydrogen (secondary N) is 1. The minimum atomic E-state index is 0.00995. The molecule has 3 aromatic rings. The summed E-state index contributed by atoms with van der Waals surface area (Å²) in [6.07, 6.45) is 0. The Labute approximate surface area is 145 Å². The van der Waals surface area contributed by atoms with Crippen LogP contribution in [0.4, 0.5) is 0 Å². The molecular weight excluding hydrogens is 316 g/mol. The van der Waals surface area contributed by atoms with E-state index in [1.165, 1.54) is 15.8 Å². The Bertz CT molecular complexity index is 949. The van der Waals surface area contributed by atoms with E-state index in [4.69, 9.17) is 0 Å². The van der Waals surface area contributed by atoms with Gasteiger partial charge in [-0.3, -0.25) is 4.79 Å². The predicted molar refractivity (Wildman–Crippen MR) is 99.0 cm³/mol. The number of hydrogen-bond acceptors (Lipinski definition) is 2. The zero-order valence-corrected chi connectivity index (χ0v) is 14.9. The third-order valence-corrected chi connectivity index (χ3v) is 5.88. The van der Waals surface area contributed by atoms with Crippen LogP contribution in [0.15, 0.2) is 52.9 Å². The van der Waals surface area contributed by atoms with Gasteiger partial charge in [-0.15, -0.1) is 11.3 Å². The Hall–Kier alpha value is -2.33. The molecule has 0 unspecified atom stereocenters. The van der Waals surface area contributed by atoms with Crippen LogP contribution in [-0.4, -0.2) is 15.8 Å². The zero-order chi connectivity index (χ0) is 16.8. The largest absolute Gasteiger partial charge is 0.358 e. The SMILES string of the molecule is CC1=C(C)[C@@H](c2c(C)[nH]c3ccccc23)N(Cc2cccs2)C1=O. The highest BCUT2D eigenvalue weighted by Gasteiger charge is 2.37. The van der Waals surface area contributed by atoms with E-state index in [-0.39, 0.29) is 11.9 Å². The summed E-state index contributed by atoms with van der Waals surface area (Å²) in [5.41, 5.74) is 5.53. The van der Waals surface area contributed by atoms with Crippen LogP contribution < -0.4 is 0 Å². The third kappa shape index (κ3) is 2.21. The van der Waals surface area contributed by atoms with E-state index in [0.29, 0.717) is 6.54 Å². The van der Waals surface area contributed by atoms with Gasteiger partial charge in [0.1, 0.15) is 0 Å². The van der Waals surface area contributed by atoms with E-state index >= 15 is 0 Å². The van der Waals surface area contributed by atoms with Gasteiger partial charge in [-0.2, -0.15) is 0 Å². The first kappa shape index (κ1) is 15.2. The summed E-state index contributed by atoms with van der Waals surface area (Å²) in [7, 11) is 0. The number of carbonyl (C=O) groups excluding carboxylic acids is 1. The van der Waals surface area contributed by atoms with Crippen molar-refractivity contribution in [3.05, 3.63) is 69.1 Å². The molecule has 0 fully saturated rings. The highest BCUT2D eigenvalue weighted by Crippen LogP contribution is 2.42. The molecule has 1 aliphatic rings. The molecule has 4 rings (SSSR count). The van der Waals surface area contributed by atoms with Gasteiger partial charge in [0.05, 0.1) is 12.6 Å². The average molecular weight is 336 g/mol. The number of hydrogen-bond donors (Lipinski definition) is 1. The fourth-order valence-electron chi connectivity index (χ4n) is 3.70. The Kier molecular flexibility index (Phi) is 3.57. The second-order valence-electron chi connectivity index (χ2n) is 6.43. The third-order valence-electron chi connectivity index (χ3n) is 5.02. The summed E-state index contributed by atoms with van der Waals surface area (Å²) in [5.74, 6) is 0.149. The second kappa shape index (κ2) is 5.64. The molecule has 1 aromatic carbocycles. The van der Waals surface area contributed by atoms with Gasteiger partial charge in [-0.1, -0.05) is 24.3 Å². The molecule has 1 atom stereocenters. The number of carbonyl (C=O) groups is 1. The summed E-state index contributed by atoms with van der Waals surface area (Å²) < 4.78 is 0. The Morgan fingerprint density at radius 3 is 2.67 bits per heavy atom. The number of H-pyrrole nitrogens is 1. The number of aryl methyl sites for hydroxylation is 1. The van der Waals surface area contributed by atoms with Crippen LogP contribution in [0.1, 0.15) is 36.0 Å². The van der Waals surface area contributed by atoms with Gasteiger partial charge in [-0.25, -0.2) is 0 Å². The number of fused-ring (bicyclic) bond motifs is 1. The number of aromatic amines is 1. The van der Waals surface area contributed by atoms with Crippen LogP contribution in [0.3, 0.4) is 0 Å². The van der Waals surface area contributed by atoms with Gasteiger partial charge in [0, 0.05) is 32.6 Å². The fourth-order valence-corrected chi connectivity index (χ4v) is 4.40.